The van der Waals surface area contributed by atoms with Gasteiger partial charge in [0.25, 0.3) is 11.6 Å². The first-order valence-corrected chi connectivity index (χ1v) is 7.55. The van der Waals surface area contributed by atoms with Crippen LogP contribution in [-0.4, -0.2) is 43.5 Å². The van der Waals surface area contributed by atoms with E-state index in [1.165, 1.54) is 12.1 Å². The summed E-state index contributed by atoms with van der Waals surface area (Å²) in [4.78, 5) is 35.9. The molecule has 1 N–H and O–H groups in total. The third-order valence-electron chi connectivity index (χ3n) is 3.62. The van der Waals surface area contributed by atoms with E-state index in [9.17, 15) is 19.7 Å². The molecule has 1 aromatic carbocycles. The van der Waals surface area contributed by atoms with Gasteiger partial charge in [-0.1, -0.05) is 13.8 Å². The number of rotatable bonds is 7. The Bertz CT molecular complexity index is 628. The lowest BCUT2D eigenvalue weighted by molar-refractivity contribution is -0.384. The highest BCUT2D eigenvalue weighted by atomic mass is 16.6. The number of nitro groups is 1. The highest BCUT2D eigenvalue weighted by Crippen LogP contribution is 2.24. The quantitative estimate of drug-likeness (QED) is 0.464. The summed E-state index contributed by atoms with van der Waals surface area (Å²) in [6, 6.07) is 3.87. The SMILES string of the molecule is CC(C)[C@@H](C)NC(=O)COC(=O)c1cc([N+](=O)[O-])ccc1N(C)C. The van der Waals surface area contributed by atoms with Crippen molar-refractivity contribution in [1.29, 1.82) is 0 Å². The van der Waals surface area contributed by atoms with Crippen molar-refractivity contribution in [2.75, 3.05) is 25.6 Å². The normalized spacial score (nSPS) is 11.8. The highest BCUT2D eigenvalue weighted by Gasteiger charge is 2.20. The maximum Gasteiger partial charge on any atom is 0.341 e. The Morgan fingerprint density at radius 2 is 1.92 bits per heavy atom. The summed E-state index contributed by atoms with van der Waals surface area (Å²) in [6.07, 6.45) is 0. The van der Waals surface area contributed by atoms with Gasteiger partial charge in [0.2, 0.25) is 0 Å². The first kappa shape index (κ1) is 19.4. The maximum absolute atomic E-state index is 12.2. The van der Waals surface area contributed by atoms with Crippen molar-refractivity contribution in [2.45, 2.75) is 26.8 Å². The number of nitrogens with one attached hydrogen (secondary N) is 1. The van der Waals surface area contributed by atoms with Crippen LogP contribution in [0.5, 0.6) is 0 Å². The molecular formula is C16H23N3O5. The number of non-ortho nitro benzene ring substituents is 1. The van der Waals surface area contributed by atoms with Gasteiger partial charge >= 0.3 is 5.97 Å². The van der Waals surface area contributed by atoms with Crippen LogP contribution in [0, 0.1) is 16.0 Å². The van der Waals surface area contributed by atoms with Gasteiger partial charge in [-0.3, -0.25) is 14.9 Å². The van der Waals surface area contributed by atoms with Crippen molar-refractivity contribution >= 4 is 23.3 Å². The molecule has 0 heterocycles. The summed E-state index contributed by atoms with van der Waals surface area (Å²) in [5.74, 6) is -0.946. The van der Waals surface area contributed by atoms with Gasteiger partial charge in [-0.25, -0.2) is 4.79 Å². The number of hydrogen-bond acceptors (Lipinski definition) is 6. The van der Waals surface area contributed by atoms with Gasteiger partial charge in [-0.2, -0.15) is 0 Å². The minimum atomic E-state index is -0.783. The van der Waals surface area contributed by atoms with E-state index in [0.29, 0.717) is 5.69 Å². The first-order chi connectivity index (χ1) is 11.1. The van der Waals surface area contributed by atoms with Crippen molar-refractivity contribution in [1.82, 2.24) is 5.32 Å². The van der Waals surface area contributed by atoms with E-state index >= 15 is 0 Å². The van der Waals surface area contributed by atoms with Crippen molar-refractivity contribution in [2.24, 2.45) is 5.92 Å². The third kappa shape index (κ3) is 5.22. The van der Waals surface area contributed by atoms with Crippen molar-refractivity contribution < 1.29 is 19.2 Å². The Hall–Kier alpha value is -2.64. The van der Waals surface area contributed by atoms with Crippen LogP contribution in [0.2, 0.25) is 0 Å². The number of anilines is 1. The minimum absolute atomic E-state index is 0.0407. The molecule has 1 amide bonds. The summed E-state index contributed by atoms with van der Waals surface area (Å²) in [6.45, 7) is 5.34. The van der Waals surface area contributed by atoms with E-state index in [2.05, 4.69) is 5.32 Å². The molecule has 0 unspecified atom stereocenters. The van der Waals surface area contributed by atoms with Gasteiger partial charge in [0.05, 0.1) is 16.2 Å². The summed E-state index contributed by atoms with van der Waals surface area (Å²) in [5, 5.41) is 13.6. The van der Waals surface area contributed by atoms with Gasteiger partial charge in [0.1, 0.15) is 0 Å². The average Bonchev–Trinajstić information content (AvgIpc) is 2.51. The summed E-state index contributed by atoms with van der Waals surface area (Å²) < 4.78 is 5.00. The second kappa shape index (κ2) is 8.28. The van der Waals surface area contributed by atoms with Gasteiger partial charge in [0, 0.05) is 32.3 Å². The number of benzene rings is 1. The molecule has 1 atom stereocenters. The third-order valence-corrected chi connectivity index (χ3v) is 3.62. The number of esters is 1. The number of nitrogens with zero attached hydrogens (tertiary/aromatic N) is 2. The molecule has 0 saturated heterocycles. The van der Waals surface area contributed by atoms with Crippen molar-refractivity contribution in [3.8, 4) is 0 Å². The Labute approximate surface area is 140 Å². The van der Waals surface area contributed by atoms with Crippen LogP contribution in [-0.2, 0) is 9.53 Å². The van der Waals surface area contributed by atoms with Crippen LogP contribution in [0.4, 0.5) is 11.4 Å². The Kier molecular flexibility index (Phi) is 6.69. The molecule has 0 bridgehead atoms. The number of hydrogen-bond donors (Lipinski definition) is 1. The molecule has 132 valence electrons. The fourth-order valence-electron chi connectivity index (χ4n) is 1.86. The number of carbonyl (C=O) groups excluding carboxylic acids is 2. The number of carbonyl (C=O) groups is 2. The zero-order valence-corrected chi connectivity index (χ0v) is 14.5. The zero-order chi connectivity index (χ0) is 18.4. The lowest BCUT2D eigenvalue weighted by Gasteiger charge is -2.18. The molecule has 0 aliphatic heterocycles. The molecule has 8 nitrogen and oxygen atoms in total. The number of amides is 1. The molecule has 0 aromatic heterocycles. The van der Waals surface area contributed by atoms with Crippen LogP contribution in [0.25, 0.3) is 0 Å². The predicted octanol–water partition coefficient (Wildman–Crippen LogP) is 1.98. The molecule has 0 spiro atoms. The molecule has 1 aromatic rings. The van der Waals surface area contributed by atoms with Crippen molar-refractivity contribution in [3.05, 3.63) is 33.9 Å². The second-order valence-electron chi connectivity index (χ2n) is 6.03. The minimum Gasteiger partial charge on any atom is -0.452 e. The van der Waals surface area contributed by atoms with Crippen LogP contribution >= 0.6 is 0 Å². The van der Waals surface area contributed by atoms with Gasteiger partial charge in [-0.15, -0.1) is 0 Å². The lowest BCUT2D eigenvalue weighted by Crippen LogP contribution is -2.38. The molecule has 0 fully saturated rings. The monoisotopic (exact) mass is 337 g/mol. The molecule has 0 saturated carbocycles. The average molecular weight is 337 g/mol. The molecule has 0 aliphatic carbocycles. The molecule has 0 radical (unpaired) electrons. The Morgan fingerprint density at radius 1 is 1.29 bits per heavy atom. The molecule has 24 heavy (non-hydrogen) atoms. The van der Waals surface area contributed by atoms with Crippen LogP contribution in [0.15, 0.2) is 18.2 Å². The van der Waals surface area contributed by atoms with Crippen LogP contribution in [0.1, 0.15) is 31.1 Å². The molecule has 1 rings (SSSR count). The van der Waals surface area contributed by atoms with Gasteiger partial charge in [-0.05, 0) is 18.9 Å². The Balaban J connectivity index is 2.85. The van der Waals surface area contributed by atoms with Gasteiger partial charge in [0.15, 0.2) is 6.61 Å². The summed E-state index contributed by atoms with van der Waals surface area (Å²) in [7, 11) is 3.41. The lowest BCUT2D eigenvalue weighted by atomic mass is 10.1. The van der Waals surface area contributed by atoms with Gasteiger partial charge < -0.3 is 15.0 Å². The Morgan fingerprint density at radius 3 is 2.42 bits per heavy atom. The second-order valence-corrected chi connectivity index (χ2v) is 6.03. The van der Waals surface area contributed by atoms with E-state index in [0.717, 1.165) is 6.07 Å². The van der Waals surface area contributed by atoms with E-state index in [1.54, 1.807) is 19.0 Å². The van der Waals surface area contributed by atoms with Crippen LogP contribution < -0.4 is 10.2 Å². The van der Waals surface area contributed by atoms with Crippen LogP contribution in [0.3, 0.4) is 0 Å². The van der Waals surface area contributed by atoms with E-state index in [-0.39, 0.29) is 23.2 Å². The molecule has 0 aliphatic rings. The predicted molar refractivity (Wildman–Crippen MR) is 90.1 cm³/mol. The molecular weight excluding hydrogens is 314 g/mol. The van der Waals surface area contributed by atoms with E-state index in [1.807, 2.05) is 20.8 Å². The van der Waals surface area contributed by atoms with E-state index < -0.39 is 23.4 Å². The standard InChI is InChI=1S/C16H23N3O5/c1-10(2)11(3)17-15(20)9-24-16(21)13-8-12(19(22)23)6-7-14(13)18(4)5/h6-8,10-11H,9H2,1-5H3,(H,17,20)/t11-/m1/s1. The molecule has 8 heteroatoms. The zero-order valence-electron chi connectivity index (χ0n) is 14.5. The fraction of sp³-hybridized carbons (Fsp3) is 0.500. The fourth-order valence-corrected chi connectivity index (χ4v) is 1.86. The summed E-state index contributed by atoms with van der Waals surface area (Å²) >= 11 is 0. The largest absolute Gasteiger partial charge is 0.452 e. The number of ether oxygens (including phenoxy) is 1. The summed E-state index contributed by atoms with van der Waals surface area (Å²) in [5.41, 5.74) is 0.297. The first-order valence-electron chi connectivity index (χ1n) is 7.55. The van der Waals surface area contributed by atoms with E-state index in [4.69, 9.17) is 4.74 Å². The van der Waals surface area contributed by atoms with Crippen molar-refractivity contribution in [3.63, 3.8) is 0 Å². The number of nitro benzene ring substituents is 1. The smallest absolute Gasteiger partial charge is 0.341 e. The maximum atomic E-state index is 12.2. The topological polar surface area (TPSA) is 102 Å². The highest BCUT2D eigenvalue weighted by molar-refractivity contribution is 5.97.